The average Bonchev–Trinajstić information content (AvgIpc) is 3.33. The van der Waals surface area contributed by atoms with E-state index in [1.54, 1.807) is 17.3 Å². The molecular formula is C26H28N4O3. The largest absolute Gasteiger partial charge is 0.303 e. The van der Waals surface area contributed by atoms with E-state index in [0.29, 0.717) is 25.7 Å². The molecule has 33 heavy (non-hydrogen) atoms. The molecule has 2 atom stereocenters. The summed E-state index contributed by atoms with van der Waals surface area (Å²) in [6, 6.07) is 16.5. The van der Waals surface area contributed by atoms with Gasteiger partial charge in [0, 0.05) is 18.1 Å². The molecule has 1 aliphatic heterocycles. The van der Waals surface area contributed by atoms with E-state index in [0.717, 1.165) is 16.8 Å². The van der Waals surface area contributed by atoms with Crippen molar-refractivity contribution < 1.29 is 14.4 Å². The molecule has 0 unspecified atom stereocenters. The van der Waals surface area contributed by atoms with Crippen molar-refractivity contribution in [3.63, 3.8) is 0 Å². The van der Waals surface area contributed by atoms with Gasteiger partial charge in [-0.1, -0.05) is 48.5 Å². The van der Waals surface area contributed by atoms with Crippen LogP contribution in [0.2, 0.25) is 0 Å². The van der Waals surface area contributed by atoms with Crippen LogP contribution in [0.4, 0.5) is 5.69 Å². The summed E-state index contributed by atoms with van der Waals surface area (Å²) in [5.74, 6) is -0.427. The molecule has 0 spiro atoms. The van der Waals surface area contributed by atoms with E-state index in [4.69, 9.17) is 0 Å². The van der Waals surface area contributed by atoms with Crippen LogP contribution in [-0.2, 0) is 22.4 Å². The summed E-state index contributed by atoms with van der Waals surface area (Å²) >= 11 is 0. The molecule has 2 aromatic carbocycles. The van der Waals surface area contributed by atoms with Gasteiger partial charge in [0.25, 0.3) is 0 Å². The number of nitrogens with one attached hydrogen (secondary N) is 1. The van der Waals surface area contributed by atoms with Crippen molar-refractivity contribution in [1.82, 2.24) is 14.9 Å². The van der Waals surface area contributed by atoms with Crippen molar-refractivity contribution >= 4 is 23.3 Å². The zero-order valence-electron chi connectivity index (χ0n) is 18.7. The fourth-order valence-corrected chi connectivity index (χ4v) is 4.30. The first kappa shape index (κ1) is 22.6. The minimum Gasteiger partial charge on any atom is -0.303 e. The molecule has 0 saturated carbocycles. The molecule has 1 aliphatic rings. The van der Waals surface area contributed by atoms with Gasteiger partial charge in [-0.3, -0.25) is 24.3 Å². The van der Waals surface area contributed by atoms with Gasteiger partial charge >= 0.3 is 0 Å². The van der Waals surface area contributed by atoms with Gasteiger partial charge in [-0.05, 0) is 49.8 Å². The maximum absolute atomic E-state index is 13.5. The van der Waals surface area contributed by atoms with Crippen LogP contribution in [0.15, 0.2) is 73.3 Å². The van der Waals surface area contributed by atoms with Gasteiger partial charge in [-0.2, -0.15) is 0 Å². The number of hydrogen-bond acceptors (Lipinski definition) is 5. The van der Waals surface area contributed by atoms with E-state index < -0.39 is 12.1 Å². The third-order valence-electron chi connectivity index (χ3n) is 5.95. The number of ketones is 1. The van der Waals surface area contributed by atoms with Crippen LogP contribution < -0.4 is 10.2 Å². The Morgan fingerprint density at radius 1 is 1.12 bits per heavy atom. The van der Waals surface area contributed by atoms with Crippen LogP contribution in [-0.4, -0.2) is 45.8 Å². The van der Waals surface area contributed by atoms with Crippen molar-refractivity contribution in [1.29, 1.82) is 0 Å². The fraction of sp³-hybridized carbons (Fsp3) is 0.308. The lowest BCUT2D eigenvalue weighted by Crippen LogP contribution is -2.53. The monoisotopic (exact) mass is 444 g/mol. The zero-order valence-corrected chi connectivity index (χ0v) is 18.7. The first-order chi connectivity index (χ1) is 16.0. The van der Waals surface area contributed by atoms with Crippen LogP contribution in [0.3, 0.4) is 0 Å². The molecule has 1 N–H and O–H groups in total. The summed E-state index contributed by atoms with van der Waals surface area (Å²) in [6.45, 7) is 1.49. The molecule has 1 aromatic heterocycles. The first-order valence-corrected chi connectivity index (χ1v) is 11.2. The Morgan fingerprint density at radius 3 is 2.61 bits per heavy atom. The maximum Gasteiger partial charge on any atom is 0.248 e. The minimum atomic E-state index is -0.579. The molecular weight excluding hydrogens is 416 g/mol. The Kier molecular flexibility index (Phi) is 7.10. The molecule has 0 radical (unpaired) electrons. The number of amides is 1. The highest BCUT2D eigenvalue weighted by atomic mass is 16.2. The van der Waals surface area contributed by atoms with E-state index >= 15 is 0 Å². The second kappa shape index (κ2) is 10.4. The first-order valence-electron chi connectivity index (χ1n) is 11.2. The molecule has 0 fully saturated rings. The van der Waals surface area contributed by atoms with Crippen LogP contribution in [0.1, 0.15) is 35.7 Å². The molecule has 0 aliphatic carbocycles. The number of para-hydroxylation sites is 1. The molecule has 0 bridgehead atoms. The van der Waals surface area contributed by atoms with E-state index in [9.17, 15) is 14.4 Å². The second-order valence-corrected chi connectivity index (χ2v) is 8.40. The van der Waals surface area contributed by atoms with Gasteiger partial charge in [0.05, 0.1) is 18.6 Å². The van der Waals surface area contributed by atoms with Crippen molar-refractivity contribution in [2.24, 2.45) is 0 Å². The molecule has 7 heteroatoms. The molecule has 170 valence electrons. The molecule has 7 nitrogen and oxygen atoms in total. The van der Waals surface area contributed by atoms with Crippen LogP contribution in [0.5, 0.6) is 0 Å². The number of imidazole rings is 1. The van der Waals surface area contributed by atoms with E-state index in [2.05, 4.69) is 10.3 Å². The number of rotatable bonds is 8. The van der Waals surface area contributed by atoms with E-state index in [-0.39, 0.29) is 24.1 Å². The number of nitrogens with zero attached hydrogens (tertiary/aromatic N) is 3. The number of fused-ring (bicyclic) bond motifs is 1. The number of hydrogen-bond donors (Lipinski definition) is 1. The van der Waals surface area contributed by atoms with Gasteiger partial charge in [0.15, 0.2) is 0 Å². The van der Waals surface area contributed by atoms with E-state index in [1.165, 1.54) is 17.8 Å². The smallest absolute Gasteiger partial charge is 0.248 e. The standard InChI is InChI=1S/C26H28N4O3/c1-19(31)17-30-24-10-6-5-9-21(24)12-14-23(26(30)33)28-22(25(32)29-16-15-27-18-29)13-11-20-7-3-2-4-8-20/h2-10,15-16,18,22-23,28H,11-14,17H2,1H3/t22-,23-/m0/s1. The lowest BCUT2D eigenvalue weighted by atomic mass is 10.0. The number of carbonyl (C=O) groups excluding carboxylic acids is 3. The zero-order chi connectivity index (χ0) is 23.2. The number of carbonyl (C=O) groups is 3. The maximum atomic E-state index is 13.5. The summed E-state index contributed by atoms with van der Waals surface area (Å²) in [4.78, 5) is 44.3. The van der Waals surface area contributed by atoms with Crippen molar-refractivity contribution in [3.05, 3.63) is 84.4 Å². The molecule has 3 aromatic rings. The summed E-state index contributed by atoms with van der Waals surface area (Å²) in [5.41, 5.74) is 2.92. The van der Waals surface area contributed by atoms with Gasteiger partial charge in [0.1, 0.15) is 12.1 Å². The predicted octanol–water partition coefficient (Wildman–Crippen LogP) is 3.05. The van der Waals surface area contributed by atoms with Gasteiger partial charge < -0.3 is 4.90 Å². The van der Waals surface area contributed by atoms with Crippen molar-refractivity contribution in [2.45, 2.75) is 44.7 Å². The Bertz CT molecular complexity index is 1110. The van der Waals surface area contributed by atoms with Gasteiger partial charge in [-0.15, -0.1) is 0 Å². The van der Waals surface area contributed by atoms with Crippen LogP contribution in [0.25, 0.3) is 0 Å². The van der Waals surface area contributed by atoms with Gasteiger partial charge in [-0.25, -0.2) is 4.98 Å². The normalized spacial score (nSPS) is 16.7. The number of aromatic nitrogens is 2. The highest BCUT2D eigenvalue weighted by Gasteiger charge is 2.34. The van der Waals surface area contributed by atoms with E-state index in [1.807, 2.05) is 54.6 Å². The Hall–Kier alpha value is -3.58. The lowest BCUT2D eigenvalue weighted by molar-refractivity contribution is -0.123. The Labute approximate surface area is 193 Å². The Morgan fingerprint density at radius 2 is 1.88 bits per heavy atom. The highest BCUT2D eigenvalue weighted by Crippen LogP contribution is 2.27. The third-order valence-corrected chi connectivity index (χ3v) is 5.95. The summed E-state index contributed by atoms with van der Waals surface area (Å²) in [7, 11) is 0. The number of aryl methyl sites for hydroxylation is 2. The molecule has 1 amide bonds. The van der Waals surface area contributed by atoms with Crippen molar-refractivity contribution in [2.75, 3.05) is 11.4 Å². The lowest BCUT2D eigenvalue weighted by Gasteiger charge is -2.28. The Balaban J connectivity index is 1.58. The van der Waals surface area contributed by atoms with Crippen LogP contribution >= 0.6 is 0 Å². The highest BCUT2D eigenvalue weighted by molar-refractivity contribution is 6.03. The number of benzene rings is 2. The average molecular weight is 445 g/mol. The minimum absolute atomic E-state index is 0.0121. The summed E-state index contributed by atoms with van der Waals surface area (Å²) < 4.78 is 1.45. The number of anilines is 1. The van der Waals surface area contributed by atoms with Crippen LogP contribution in [0, 0.1) is 0 Å². The second-order valence-electron chi connectivity index (χ2n) is 8.40. The SMILES string of the molecule is CC(=O)CN1C(=O)[C@@H](N[C@@H](CCc2ccccc2)C(=O)n2ccnc2)CCc2ccccc21. The molecule has 0 saturated heterocycles. The number of Topliss-reactive ketones (excluding diaryl/α,β-unsaturated/α-hetero) is 1. The predicted molar refractivity (Wildman–Crippen MR) is 126 cm³/mol. The summed E-state index contributed by atoms with van der Waals surface area (Å²) in [5, 5.41) is 3.34. The quantitative estimate of drug-likeness (QED) is 0.577. The third kappa shape index (κ3) is 5.43. The topological polar surface area (TPSA) is 84.3 Å². The summed E-state index contributed by atoms with van der Waals surface area (Å²) in [6.07, 6.45) is 7.11. The molecule has 2 heterocycles. The molecule has 4 rings (SSSR count). The van der Waals surface area contributed by atoms with Gasteiger partial charge in [0.2, 0.25) is 11.8 Å². The fourth-order valence-electron chi connectivity index (χ4n) is 4.30. The van der Waals surface area contributed by atoms with Crippen molar-refractivity contribution in [3.8, 4) is 0 Å².